The van der Waals surface area contributed by atoms with Gasteiger partial charge in [0.2, 0.25) is 11.8 Å². The zero-order chi connectivity index (χ0) is 17.6. The molecule has 2 heterocycles. The van der Waals surface area contributed by atoms with Crippen LogP contribution in [-0.4, -0.2) is 29.8 Å². The molecule has 1 aromatic heterocycles. The molecule has 1 aliphatic heterocycles. The number of carbonyl (C=O) groups is 2. The van der Waals surface area contributed by atoms with Crippen molar-refractivity contribution in [1.29, 1.82) is 0 Å². The van der Waals surface area contributed by atoms with Gasteiger partial charge < -0.3 is 10.2 Å². The van der Waals surface area contributed by atoms with Crippen LogP contribution in [0.4, 0.5) is 4.39 Å². The molecule has 1 aliphatic rings. The molecule has 0 aliphatic carbocycles. The van der Waals surface area contributed by atoms with Crippen LogP contribution in [0.15, 0.2) is 41.8 Å². The number of hydrogen-bond acceptors (Lipinski definition) is 3. The maximum atomic E-state index is 13.0. The Balaban J connectivity index is 1.52. The van der Waals surface area contributed by atoms with Gasteiger partial charge in [-0.3, -0.25) is 9.59 Å². The highest BCUT2D eigenvalue weighted by Crippen LogP contribution is 2.18. The van der Waals surface area contributed by atoms with Crippen molar-refractivity contribution in [1.82, 2.24) is 10.2 Å². The summed E-state index contributed by atoms with van der Waals surface area (Å²) in [7, 11) is 0. The third-order valence-electron chi connectivity index (χ3n) is 4.43. The predicted octanol–water partition coefficient (Wildman–Crippen LogP) is 2.98. The number of amides is 2. The molecule has 1 saturated heterocycles. The molecule has 1 atom stereocenters. The minimum Gasteiger partial charge on any atom is -0.351 e. The van der Waals surface area contributed by atoms with Crippen LogP contribution in [0, 0.1) is 11.7 Å². The Kier molecular flexibility index (Phi) is 5.81. The Morgan fingerprint density at radius 3 is 2.76 bits per heavy atom. The van der Waals surface area contributed by atoms with Gasteiger partial charge in [0.25, 0.3) is 0 Å². The molecule has 132 valence electrons. The Bertz CT molecular complexity index is 716. The van der Waals surface area contributed by atoms with E-state index in [0.717, 1.165) is 23.3 Å². The van der Waals surface area contributed by atoms with E-state index in [1.165, 1.54) is 12.1 Å². The number of benzene rings is 1. The zero-order valence-corrected chi connectivity index (χ0v) is 14.7. The molecule has 1 fully saturated rings. The van der Waals surface area contributed by atoms with Gasteiger partial charge in [0.15, 0.2) is 0 Å². The molecule has 25 heavy (non-hydrogen) atoms. The molecule has 6 heteroatoms. The van der Waals surface area contributed by atoms with Crippen molar-refractivity contribution in [2.75, 3.05) is 13.1 Å². The first-order valence-corrected chi connectivity index (χ1v) is 9.32. The number of nitrogens with one attached hydrogen (secondary N) is 1. The lowest BCUT2D eigenvalue weighted by Gasteiger charge is -2.32. The van der Waals surface area contributed by atoms with Crippen LogP contribution in [0.2, 0.25) is 0 Å². The number of rotatable bonds is 5. The molecule has 0 spiro atoms. The average molecular weight is 360 g/mol. The number of hydrogen-bond donors (Lipinski definition) is 1. The maximum absolute atomic E-state index is 13.0. The fraction of sp³-hybridized carbons (Fsp3) is 0.368. The topological polar surface area (TPSA) is 49.4 Å². The fourth-order valence-electron chi connectivity index (χ4n) is 3.04. The van der Waals surface area contributed by atoms with Crippen molar-refractivity contribution >= 4 is 23.2 Å². The first kappa shape index (κ1) is 17.6. The summed E-state index contributed by atoms with van der Waals surface area (Å²) in [6.45, 7) is 1.67. The molecule has 3 rings (SSSR count). The van der Waals surface area contributed by atoms with E-state index in [1.807, 2.05) is 17.5 Å². The van der Waals surface area contributed by atoms with Crippen molar-refractivity contribution in [2.45, 2.75) is 25.8 Å². The van der Waals surface area contributed by atoms with E-state index in [9.17, 15) is 14.0 Å². The van der Waals surface area contributed by atoms with Gasteiger partial charge in [-0.25, -0.2) is 4.39 Å². The van der Waals surface area contributed by atoms with Crippen LogP contribution in [0.1, 0.15) is 23.3 Å². The molecule has 0 saturated carbocycles. The van der Waals surface area contributed by atoms with E-state index in [4.69, 9.17) is 0 Å². The number of nitrogens with zero attached hydrogens (tertiary/aromatic N) is 1. The van der Waals surface area contributed by atoms with E-state index < -0.39 is 0 Å². The van der Waals surface area contributed by atoms with Gasteiger partial charge in [-0.2, -0.15) is 0 Å². The first-order valence-electron chi connectivity index (χ1n) is 8.44. The van der Waals surface area contributed by atoms with Gasteiger partial charge in [-0.05, 0) is 42.0 Å². The van der Waals surface area contributed by atoms with Crippen LogP contribution in [-0.2, 0) is 22.6 Å². The SMILES string of the molecule is O=C(NCc1cccs1)C1CCCN(C(=O)Cc2ccc(F)cc2)C1. The van der Waals surface area contributed by atoms with E-state index in [2.05, 4.69) is 5.32 Å². The smallest absolute Gasteiger partial charge is 0.227 e. The molecule has 1 unspecified atom stereocenters. The van der Waals surface area contributed by atoms with Crippen molar-refractivity contribution in [3.8, 4) is 0 Å². The third kappa shape index (κ3) is 4.89. The highest BCUT2D eigenvalue weighted by Gasteiger charge is 2.28. The fourth-order valence-corrected chi connectivity index (χ4v) is 3.68. The quantitative estimate of drug-likeness (QED) is 0.891. The lowest BCUT2D eigenvalue weighted by atomic mass is 9.96. The van der Waals surface area contributed by atoms with Crippen LogP contribution in [0.25, 0.3) is 0 Å². The second-order valence-electron chi connectivity index (χ2n) is 6.28. The van der Waals surface area contributed by atoms with E-state index >= 15 is 0 Å². The Labute approximate surface area is 150 Å². The summed E-state index contributed by atoms with van der Waals surface area (Å²) in [5.41, 5.74) is 0.788. The maximum Gasteiger partial charge on any atom is 0.227 e. The van der Waals surface area contributed by atoms with Crippen molar-refractivity contribution in [3.63, 3.8) is 0 Å². The number of piperidine rings is 1. The van der Waals surface area contributed by atoms with Gasteiger partial charge in [-0.1, -0.05) is 18.2 Å². The van der Waals surface area contributed by atoms with Crippen molar-refractivity contribution in [3.05, 3.63) is 58.0 Å². The van der Waals surface area contributed by atoms with E-state index in [-0.39, 0.29) is 30.0 Å². The second-order valence-corrected chi connectivity index (χ2v) is 7.31. The highest BCUT2D eigenvalue weighted by molar-refractivity contribution is 7.09. The lowest BCUT2D eigenvalue weighted by molar-refractivity contribution is -0.135. The molecule has 4 nitrogen and oxygen atoms in total. The predicted molar refractivity (Wildman–Crippen MR) is 95.6 cm³/mol. The summed E-state index contributed by atoms with van der Waals surface area (Å²) in [6, 6.07) is 9.93. The van der Waals surface area contributed by atoms with Crippen LogP contribution < -0.4 is 5.32 Å². The minimum atomic E-state index is -0.309. The Hall–Kier alpha value is -2.21. The molecule has 1 aromatic carbocycles. The summed E-state index contributed by atoms with van der Waals surface area (Å²) in [5, 5.41) is 4.95. The number of likely N-dealkylation sites (tertiary alicyclic amines) is 1. The molecule has 0 bridgehead atoms. The second kappa shape index (κ2) is 8.25. The summed E-state index contributed by atoms with van der Waals surface area (Å²) in [5.74, 6) is -0.474. The van der Waals surface area contributed by atoms with Crippen LogP contribution in [0.3, 0.4) is 0 Å². The standard InChI is InChI=1S/C19H21FN2O2S/c20-16-7-5-14(6-8-16)11-18(23)22-9-1-3-15(13-22)19(24)21-12-17-4-2-10-25-17/h2,4-8,10,15H,1,3,9,11-13H2,(H,21,24). The molecule has 2 aromatic rings. The Morgan fingerprint density at radius 2 is 2.04 bits per heavy atom. The monoisotopic (exact) mass is 360 g/mol. The van der Waals surface area contributed by atoms with Gasteiger partial charge in [0.1, 0.15) is 5.82 Å². The number of halogens is 1. The van der Waals surface area contributed by atoms with Gasteiger partial charge in [0.05, 0.1) is 18.9 Å². The summed E-state index contributed by atoms with van der Waals surface area (Å²) >= 11 is 1.61. The van der Waals surface area contributed by atoms with Gasteiger partial charge in [-0.15, -0.1) is 11.3 Å². The molecular formula is C19H21FN2O2S. The molecular weight excluding hydrogens is 339 g/mol. The molecule has 1 N–H and O–H groups in total. The minimum absolute atomic E-state index is 0.00711. The first-order chi connectivity index (χ1) is 12.1. The van der Waals surface area contributed by atoms with E-state index in [1.54, 1.807) is 28.4 Å². The summed E-state index contributed by atoms with van der Waals surface area (Å²) < 4.78 is 13.0. The van der Waals surface area contributed by atoms with Gasteiger partial charge >= 0.3 is 0 Å². The highest BCUT2D eigenvalue weighted by atomic mass is 32.1. The summed E-state index contributed by atoms with van der Waals surface area (Å²) in [4.78, 5) is 27.7. The molecule has 2 amide bonds. The van der Waals surface area contributed by atoms with E-state index in [0.29, 0.717) is 19.6 Å². The lowest BCUT2D eigenvalue weighted by Crippen LogP contribution is -2.45. The third-order valence-corrected chi connectivity index (χ3v) is 5.31. The van der Waals surface area contributed by atoms with Crippen molar-refractivity contribution in [2.24, 2.45) is 5.92 Å². The summed E-state index contributed by atoms with van der Waals surface area (Å²) in [6.07, 6.45) is 1.87. The number of thiophene rings is 1. The van der Waals surface area contributed by atoms with Crippen LogP contribution in [0.5, 0.6) is 0 Å². The zero-order valence-electron chi connectivity index (χ0n) is 13.9. The van der Waals surface area contributed by atoms with Crippen molar-refractivity contribution < 1.29 is 14.0 Å². The largest absolute Gasteiger partial charge is 0.351 e. The average Bonchev–Trinajstić information content (AvgIpc) is 3.15. The van der Waals surface area contributed by atoms with Gasteiger partial charge in [0, 0.05) is 18.0 Å². The molecule has 0 radical (unpaired) electrons. The normalized spacial score (nSPS) is 17.3. The Morgan fingerprint density at radius 1 is 1.24 bits per heavy atom. The van der Waals surface area contributed by atoms with Crippen LogP contribution >= 0.6 is 11.3 Å². The number of carbonyl (C=O) groups excluding carboxylic acids is 2.